The van der Waals surface area contributed by atoms with Gasteiger partial charge in [-0.2, -0.15) is 25.3 Å². The first-order chi connectivity index (χ1) is 25.0. The molecule has 0 saturated carbocycles. The number of nitrogens with zero attached hydrogens (tertiary/aromatic N) is 1. The third kappa shape index (κ3) is 6.59. The molecule has 0 fully saturated rings. The molecule has 4 aromatic carbocycles. The molecule has 282 valence electrons. The van der Waals surface area contributed by atoms with Gasteiger partial charge in [-0.3, -0.25) is 13.7 Å². The standard InChI is InChI=1S/C37H36N4O10S3/c1-17-32(38)19(3)36(53(45,46)47)21(5)34(17)40-23-11-13-25-28(15-23)51-29-16-24(41-35-18(2)33(39)20(4)37(22(35)6)54(48,49)50)12-14-26(29)31(25)27-9-7-8-10-30(27)52(42,43)44/h7-16,40H,38-39H2,1-6H3,(H,42,43,44)(H,45,46,47)(H,48,49,50). The zero-order valence-electron chi connectivity index (χ0n) is 29.8. The van der Waals surface area contributed by atoms with Crippen LogP contribution in [0.25, 0.3) is 33.4 Å². The van der Waals surface area contributed by atoms with Crippen molar-refractivity contribution in [2.75, 3.05) is 16.8 Å². The average molecular weight is 793 g/mol. The fourth-order valence-electron chi connectivity index (χ4n) is 7.03. The highest BCUT2D eigenvalue weighted by Gasteiger charge is 2.27. The quantitative estimate of drug-likeness (QED) is 0.0545. The molecule has 54 heavy (non-hydrogen) atoms. The molecule has 0 saturated heterocycles. The van der Waals surface area contributed by atoms with Crippen LogP contribution in [0.2, 0.25) is 0 Å². The van der Waals surface area contributed by atoms with Crippen LogP contribution >= 0.6 is 0 Å². The molecular formula is C37H36N4O10S3. The van der Waals surface area contributed by atoms with Crippen LogP contribution in [0.15, 0.2) is 84.8 Å². The van der Waals surface area contributed by atoms with Crippen molar-refractivity contribution in [1.82, 2.24) is 0 Å². The molecule has 0 unspecified atom stereocenters. The Labute approximate surface area is 311 Å². The van der Waals surface area contributed by atoms with Crippen LogP contribution in [-0.4, -0.2) is 38.9 Å². The Morgan fingerprint density at radius 3 is 1.83 bits per heavy atom. The van der Waals surface area contributed by atoms with Crippen LogP contribution in [0, 0.1) is 41.5 Å². The Morgan fingerprint density at radius 2 is 1.22 bits per heavy atom. The van der Waals surface area contributed by atoms with E-state index < -0.39 is 30.4 Å². The first kappa shape index (κ1) is 38.4. The van der Waals surface area contributed by atoms with E-state index in [-0.39, 0.29) is 70.9 Å². The smallest absolute Gasteiger partial charge is 0.295 e. The van der Waals surface area contributed by atoms with Gasteiger partial charge in [0.1, 0.15) is 26.0 Å². The fourth-order valence-corrected chi connectivity index (χ4v) is 9.70. The van der Waals surface area contributed by atoms with Gasteiger partial charge in [-0.05, 0) is 105 Å². The Kier molecular flexibility index (Phi) is 9.41. The summed E-state index contributed by atoms with van der Waals surface area (Å²) in [5.74, 6) is 0.215. The molecular weight excluding hydrogens is 757 g/mol. The Bertz CT molecular complexity index is 2970. The van der Waals surface area contributed by atoms with Gasteiger partial charge >= 0.3 is 0 Å². The highest BCUT2D eigenvalue weighted by Crippen LogP contribution is 2.44. The molecule has 8 N–H and O–H groups in total. The van der Waals surface area contributed by atoms with E-state index in [1.807, 2.05) is 0 Å². The molecule has 2 aliphatic rings. The molecule has 17 heteroatoms. The second-order valence-corrected chi connectivity index (χ2v) is 17.1. The van der Waals surface area contributed by atoms with Crippen molar-refractivity contribution in [3.05, 3.63) is 99.4 Å². The lowest BCUT2D eigenvalue weighted by Gasteiger charge is -2.21. The van der Waals surface area contributed by atoms with Gasteiger partial charge < -0.3 is 21.2 Å². The van der Waals surface area contributed by atoms with Gasteiger partial charge in [0.05, 0.1) is 11.0 Å². The SMILES string of the molecule is Cc1c(N)c(C)c(S(=O)(=O)O)c(C)c1N=c1ccc2c(-c3ccccc3S(=O)(=O)O)c3ccc(Nc4c(C)c(N)c(C)c(S(=O)(=O)O)c4C)cc3oc-2c1. The van der Waals surface area contributed by atoms with Crippen molar-refractivity contribution >= 4 is 69.8 Å². The van der Waals surface area contributed by atoms with Crippen molar-refractivity contribution in [1.29, 1.82) is 0 Å². The van der Waals surface area contributed by atoms with Crippen LogP contribution in [0.3, 0.4) is 0 Å². The minimum absolute atomic E-state index is 0.136. The first-order valence-corrected chi connectivity index (χ1v) is 20.5. The minimum Gasteiger partial charge on any atom is -0.456 e. The summed E-state index contributed by atoms with van der Waals surface area (Å²) in [6.07, 6.45) is 0. The first-order valence-electron chi connectivity index (χ1n) is 16.1. The molecule has 0 amide bonds. The highest BCUT2D eigenvalue weighted by atomic mass is 32.2. The molecule has 0 aromatic heterocycles. The zero-order valence-corrected chi connectivity index (χ0v) is 32.2. The molecule has 14 nitrogen and oxygen atoms in total. The molecule has 1 heterocycles. The number of nitrogens with one attached hydrogen (secondary N) is 1. The summed E-state index contributed by atoms with van der Waals surface area (Å²) in [4.78, 5) is 3.67. The summed E-state index contributed by atoms with van der Waals surface area (Å²) < 4.78 is 111. The van der Waals surface area contributed by atoms with Gasteiger partial charge in [0.2, 0.25) is 0 Å². The van der Waals surface area contributed by atoms with Gasteiger partial charge in [-0.15, -0.1) is 0 Å². The lowest BCUT2D eigenvalue weighted by atomic mass is 9.93. The fraction of sp³-hybridized carbons (Fsp3) is 0.162. The van der Waals surface area contributed by atoms with Crippen molar-refractivity contribution in [3.8, 4) is 22.5 Å². The van der Waals surface area contributed by atoms with E-state index in [9.17, 15) is 38.9 Å². The van der Waals surface area contributed by atoms with Crippen molar-refractivity contribution in [2.24, 2.45) is 4.99 Å². The lowest BCUT2D eigenvalue weighted by Crippen LogP contribution is -2.11. The van der Waals surface area contributed by atoms with Gasteiger partial charge in [0.15, 0.2) is 0 Å². The van der Waals surface area contributed by atoms with Gasteiger partial charge in [-0.25, -0.2) is 4.99 Å². The summed E-state index contributed by atoms with van der Waals surface area (Å²) in [6, 6.07) is 15.6. The predicted octanol–water partition coefficient (Wildman–Crippen LogP) is 6.94. The second kappa shape index (κ2) is 13.2. The van der Waals surface area contributed by atoms with E-state index in [0.29, 0.717) is 44.4 Å². The van der Waals surface area contributed by atoms with E-state index in [0.717, 1.165) is 0 Å². The summed E-state index contributed by atoms with van der Waals surface area (Å²) in [7, 11) is -14.0. The van der Waals surface area contributed by atoms with E-state index in [1.165, 1.54) is 39.8 Å². The maximum atomic E-state index is 12.6. The van der Waals surface area contributed by atoms with Crippen molar-refractivity contribution in [3.63, 3.8) is 0 Å². The summed E-state index contributed by atoms with van der Waals surface area (Å²) in [5.41, 5.74) is 16.8. The number of hydrogen-bond donors (Lipinski definition) is 6. The monoisotopic (exact) mass is 792 g/mol. The maximum Gasteiger partial charge on any atom is 0.295 e. The van der Waals surface area contributed by atoms with Crippen LogP contribution in [0.4, 0.5) is 28.4 Å². The Morgan fingerprint density at radius 1 is 0.630 bits per heavy atom. The average Bonchev–Trinajstić information content (AvgIpc) is 3.07. The number of nitrogen functional groups attached to an aromatic ring is 2. The molecule has 4 aromatic rings. The van der Waals surface area contributed by atoms with Gasteiger partial charge in [0.25, 0.3) is 30.4 Å². The van der Waals surface area contributed by atoms with Crippen molar-refractivity contribution in [2.45, 2.75) is 56.2 Å². The summed E-state index contributed by atoms with van der Waals surface area (Å²) in [6.45, 7) is 9.39. The molecule has 0 bridgehead atoms. The summed E-state index contributed by atoms with van der Waals surface area (Å²) in [5, 5.41) is 3.93. The van der Waals surface area contributed by atoms with Crippen molar-refractivity contribution < 1.29 is 43.3 Å². The van der Waals surface area contributed by atoms with E-state index in [1.54, 1.807) is 62.4 Å². The Balaban J connectivity index is 1.66. The van der Waals surface area contributed by atoms with E-state index >= 15 is 0 Å². The third-order valence-corrected chi connectivity index (χ3v) is 12.8. The molecule has 0 radical (unpaired) electrons. The number of anilines is 4. The molecule has 1 aliphatic carbocycles. The minimum atomic E-state index is -4.71. The predicted molar refractivity (Wildman–Crippen MR) is 206 cm³/mol. The number of rotatable bonds is 7. The van der Waals surface area contributed by atoms with Crippen LogP contribution in [0.1, 0.15) is 33.4 Å². The highest BCUT2D eigenvalue weighted by molar-refractivity contribution is 7.86. The molecule has 0 atom stereocenters. The van der Waals surface area contributed by atoms with Crippen LogP contribution in [0.5, 0.6) is 0 Å². The van der Waals surface area contributed by atoms with Gasteiger partial charge in [-0.1, -0.05) is 18.2 Å². The maximum absolute atomic E-state index is 12.6. The molecule has 6 rings (SSSR count). The van der Waals surface area contributed by atoms with E-state index in [4.69, 9.17) is 20.9 Å². The van der Waals surface area contributed by atoms with E-state index in [2.05, 4.69) is 5.32 Å². The topological polar surface area (TPSA) is 253 Å². The second-order valence-electron chi connectivity index (χ2n) is 13.0. The number of nitrogens with two attached hydrogens (primary N) is 2. The van der Waals surface area contributed by atoms with Crippen LogP contribution < -0.4 is 22.1 Å². The zero-order chi connectivity index (χ0) is 39.8. The largest absolute Gasteiger partial charge is 0.456 e. The molecule has 0 spiro atoms. The lowest BCUT2D eigenvalue weighted by molar-refractivity contribution is 0.479. The number of benzene rings is 5. The van der Waals surface area contributed by atoms with Gasteiger partial charge in [0, 0.05) is 57.0 Å². The number of hydrogen-bond acceptors (Lipinski definition) is 11. The normalized spacial score (nSPS) is 12.9. The Hall–Kier alpha value is -5.30. The summed E-state index contributed by atoms with van der Waals surface area (Å²) >= 11 is 0. The molecule has 1 aliphatic heterocycles. The third-order valence-electron chi connectivity index (χ3n) is 9.60. The number of fused-ring (bicyclic) bond motifs is 2. The van der Waals surface area contributed by atoms with Crippen LogP contribution in [-0.2, 0) is 30.4 Å².